The molecular formula is C9H16O4. The lowest BCUT2D eigenvalue weighted by atomic mass is 10.0. The molecule has 1 fully saturated rings. The van der Waals surface area contributed by atoms with Crippen LogP contribution in [0, 0.1) is 5.92 Å². The van der Waals surface area contributed by atoms with Gasteiger partial charge in [0, 0.05) is 0 Å². The monoisotopic (exact) mass is 188 g/mol. The highest BCUT2D eigenvalue weighted by Gasteiger charge is 2.46. The lowest BCUT2D eigenvalue weighted by molar-refractivity contribution is -0.166. The van der Waals surface area contributed by atoms with Gasteiger partial charge in [-0.15, -0.1) is 0 Å². The van der Waals surface area contributed by atoms with Crippen molar-refractivity contribution in [3.05, 3.63) is 0 Å². The standard InChI is InChI=1S/C9H16O4/c1-5(2)6-7(8(10)11)13-9(3,4)12-6/h5-7H,1-4H3,(H,10,11)/t6-,7-/m1/s1. The molecule has 0 aromatic carbocycles. The number of carbonyl (C=O) groups is 1. The van der Waals surface area contributed by atoms with Crippen LogP contribution in [0.4, 0.5) is 0 Å². The van der Waals surface area contributed by atoms with Gasteiger partial charge in [-0.1, -0.05) is 13.8 Å². The van der Waals surface area contributed by atoms with E-state index in [1.54, 1.807) is 13.8 Å². The highest BCUT2D eigenvalue weighted by Crippen LogP contribution is 2.31. The largest absolute Gasteiger partial charge is 0.479 e. The molecule has 0 unspecified atom stereocenters. The van der Waals surface area contributed by atoms with E-state index in [2.05, 4.69) is 0 Å². The van der Waals surface area contributed by atoms with Crippen LogP contribution in [-0.4, -0.2) is 29.1 Å². The van der Waals surface area contributed by atoms with E-state index in [-0.39, 0.29) is 12.0 Å². The van der Waals surface area contributed by atoms with Gasteiger partial charge in [0.05, 0.1) is 0 Å². The lowest BCUT2D eigenvalue weighted by Crippen LogP contribution is -2.34. The second-order valence-electron chi connectivity index (χ2n) is 4.10. The minimum atomic E-state index is -0.954. The maximum absolute atomic E-state index is 10.8. The first kappa shape index (κ1) is 10.5. The Morgan fingerprint density at radius 3 is 2.23 bits per heavy atom. The molecule has 0 radical (unpaired) electrons. The van der Waals surface area contributed by atoms with Gasteiger partial charge in [0.1, 0.15) is 6.10 Å². The van der Waals surface area contributed by atoms with Crippen molar-refractivity contribution in [2.75, 3.05) is 0 Å². The Hall–Kier alpha value is -0.610. The average Bonchev–Trinajstić information content (AvgIpc) is 2.26. The fourth-order valence-corrected chi connectivity index (χ4v) is 1.47. The Labute approximate surface area is 77.8 Å². The molecule has 76 valence electrons. The van der Waals surface area contributed by atoms with Crippen LogP contribution >= 0.6 is 0 Å². The fourth-order valence-electron chi connectivity index (χ4n) is 1.47. The molecular weight excluding hydrogens is 172 g/mol. The Morgan fingerprint density at radius 2 is 1.92 bits per heavy atom. The van der Waals surface area contributed by atoms with Gasteiger partial charge in [-0.05, 0) is 19.8 Å². The van der Waals surface area contributed by atoms with Gasteiger partial charge >= 0.3 is 5.97 Å². The molecule has 0 bridgehead atoms. The van der Waals surface area contributed by atoms with Gasteiger partial charge in [0.2, 0.25) is 0 Å². The molecule has 0 aromatic rings. The van der Waals surface area contributed by atoms with Crippen LogP contribution in [-0.2, 0) is 14.3 Å². The Bertz CT molecular complexity index is 210. The number of hydrogen-bond acceptors (Lipinski definition) is 3. The molecule has 0 spiro atoms. The van der Waals surface area contributed by atoms with E-state index in [4.69, 9.17) is 14.6 Å². The van der Waals surface area contributed by atoms with Crippen LogP contribution < -0.4 is 0 Å². The number of carboxylic acid groups (broad SMARTS) is 1. The zero-order chi connectivity index (χ0) is 10.2. The molecule has 2 atom stereocenters. The molecule has 1 saturated heterocycles. The summed E-state index contributed by atoms with van der Waals surface area (Å²) < 4.78 is 10.7. The molecule has 1 heterocycles. The Morgan fingerprint density at radius 1 is 1.38 bits per heavy atom. The van der Waals surface area contributed by atoms with Crippen molar-refractivity contribution in [2.45, 2.75) is 45.7 Å². The summed E-state index contributed by atoms with van der Waals surface area (Å²) in [7, 11) is 0. The van der Waals surface area contributed by atoms with Gasteiger partial charge < -0.3 is 14.6 Å². The fraction of sp³-hybridized carbons (Fsp3) is 0.889. The second-order valence-corrected chi connectivity index (χ2v) is 4.10. The molecule has 4 heteroatoms. The van der Waals surface area contributed by atoms with Gasteiger partial charge in [-0.25, -0.2) is 4.79 Å². The molecule has 1 aliphatic rings. The molecule has 1 N–H and O–H groups in total. The van der Waals surface area contributed by atoms with Gasteiger partial charge in [0.15, 0.2) is 11.9 Å². The van der Waals surface area contributed by atoms with Crippen molar-refractivity contribution in [2.24, 2.45) is 5.92 Å². The van der Waals surface area contributed by atoms with Crippen molar-refractivity contribution < 1.29 is 19.4 Å². The summed E-state index contributed by atoms with van der Waals surface area (Å²) in [6.07, 6.45) is -1.19. The van der Waals surface area contributed by atoms with Crippen molar-refractivity contribution >= 4 is 5.97 Å². The van der Waals surface area contributed by atoms with Crippen LogP contribution in [0.3, 0.4) is 0 Å². The Kier molecular flexibility index (Phi) is 2.63. The average molecular weight is 188 g/mol. The second kappa shape index (κ2) is 3.27. The van der Waals surface area contributed by atoms with E-state index >= 15 is 0 Å². The van der Waals surface area contributed by atoms with Crippen LogP contribution in [0.2, 0.25) is 0 Å². The molecule has 0 amide bonds. The van der Waals surface area contributed by atoms with E-state index in [1.807, 2.05) is 13.8 Å². The van der Waals surface area contributed by atoms with E-state index in [9.17, 15) is 4.79 Å². The summed E-state index contributed by atoms with van der Waals surface area (Å²) in [6, 6.07) is 0. The molecule has 0 aliphatic carbocycles. The zero-order valence-corrected chi connectivity index (χ0v) is 8.40. The van der Waals surface area contributed by atoms with Crippen LogP contribution in [0.25, 0.3) is 0 Å². The molecule has 13 heavy (non-hydrogen) atoms. The summed E-state index contributed by atoms with van der Waals surface area (Å²) in [5, 5.41) is 8.86. The third-order valence-electron chi connectivity index (χ3n) is 2.03. The molecule has 0 saturated carbocycles. The predicted molar refractivity (Wildman–Crippen MR) is 46.3 cm³/mol. The predicted octanol–water partition coefficient (Wildman–Crippen LogP) is 1.25. The number of carboxylic acids is 1. The van der Waals surface area contributed by atoms with E-state index in [0.29, 0.717) is 0 Å². The third-order valence-corrected chi connectivity index (χ3v) is 2.03. The smallest absolute Gasteiger partial charge is 0.335 e. The van der Waals surface area contributed by atoms with Crippen LogP contribution in [0.15, 0.2) is 0 Å². The number of hydrogen-bond donors (Lipinski definition) is 1. The normalized spacial score (nSPS) is 32.4. The minimum absolute atomic E-state index is 0.142. The number of rotatable bonds is 2. The first-order chi connectivity index (χ1) is 5.83. The SMILES string of the molecule is CC(C)[C@H]1OC(C)(C)O[C@H]1C(=O)O. The summed E-state index contributed by atoms with van der Waals surface area (Å²) >= 11 is 0. The summed E-state index contributed by atoms with van der Waals surface area (Å²) in [4.78, 5) is 10.8. The maximum Gasteiger partial charge on any atom is 0.335 e. The van der Waals surface area contributed by atoms with E-state index in [0.717, 1.165) is 0 Å². The van der Waals surface area contributed by atoms with Crippen molar-refractivity contribution in [1.82, 2.24) is 0 Å². The summed E-state index contributed by atoms with van der Waals surface area (Å²) in [5.74, 6) is -1.59. The third kappa shape index (κ3) is 2.19. The summed E-state index contributed by atoms with van der Waals surface area (Å²) in [6.45, 7) is 7.30. The van der Waals surface area contributed by atoms with E-state index in [1.165, 1.54) is 0 Å². The first-order valence-electron chi connectivity index (χ1n) is 4.42. The molecule has 1 rings (SSSR count). The van der Waals surface area contributed by atoms with Gasteiger partial charge in [-0.3, -0.25) is 0 Å². The van der Waals surface area contributed by atoms with Gasteiger partial charge in [-0.2, -0.15) is 0 Å². The highest BCUT2D eigenvalue weighted by atomic mass is 16.8. The topological polar surface area (TPSA) is 55.8 Å². The molecule has 0 aromatic heterocycles. The Balaban J connectivity index is 2.77. The lowest BCUT2D eigenvalue weighted by Gasteiger charge is -2.18. The minimum Gasteiger partial charge on any atom is -0.479 e. The van der Waals surface area contributed by atoms with E-state index < -0.39 is 17.9 Å². The molecule has 1 aliphatic heterocycles. The van der Waals surface area contributed by atoms with Gasteiger partial charge in [0.25, 0.3) is 0 Å². The molecule has 4 nitrogen and oxygen atoms in total. The quantitative estimate of drug-likeness (QED) is 0.708. The summed E-state index contributed by atoms with van der Waals surface area (Å²) in [5.41, 5.74) is 0. The zero-order valence-electron chi connectivity index (χ0n) is 8.40. The van der Waals surface area contributed by atoms with Crippen LogP contribution in [0.5, 0.6) is 0 Å². The first-order valence-corrected chi connectivity index (χ1v) is 4.42. The van der Waals surface area contributed by atoms with Crippen molar-refractivity contribution in [3.8, 4) is 0 Å². The van der Waals surface area contributed by atoms with Crippen LogP contribution in [0.1, 0.15) is 27.7 Å². The maximum atomic E-state index is 10.8. The number of ether oxygens (including phenoxy) is 2. The number of aliphatic carboxylic acids is 1. The van der Waals surface area contributed by atoms with Crippen molar-refractivity contribution in [1.29, 1.82) is 0 Å². The highest BCUT2D eigenvalue weighted by molar-refractivity contribution is 5.73. The van der Waals surface area contributed by atoms with Crippen molar-refractivity contribution in [3.63, 3.8) is 0 Å².